The van der Waals surface area contributed by atoms with Crippen LogP contribution < -0.4 is 5.73 Å². The molecule has 0 amide bonds. The van der Waals surface area contributed by atoms with E-state index in [0.717, 1.165) is 29.2 Å². The summed E-state index contributed by atoms with van der Waals surface area (Å²) in [7, 11) is 0. The number of nitrogen functional groups attached to an aromatic ring is 1. The molecule has 1 heterocycles. The summed E-state index contributed by atoms with van der Waals surface area (Å²) in [5, 5.41) is 0.730. The van der Waals surface area contributed by atoms with Gasteiger partial charge in [-0.15, -0.1) is 0 Å². The molecule has 98 valence electrons. The fourth-order valence-electron chi connectivity index (χ4n) is 3.68. The first-order chi connectivity index (χ1) is 8.74. The van der Waals surface area contributed by atoms with Gasteiger partial charge in [-0.05, 0) is 55.8 Å². The Morgan fingerprint density at radius 2 is 2.06 bits per heavy atom. The molecule has 0 aromatic heterocycles. The molecule has 1 aromatic rings. The van der Waals surface area contributed by atoms with E-state index in [1.165, 1.54) is 44.2 Å². The molecular formula is C15H21ClN2. The summed E-state index contributed by atoms with van der Waals surface area (Å²) in [6.45, 7) is 2.22. The topological polar surface area (TPSA) is 29.3 Å². The molecule has 2 fully saturated rings. The van der Waals surface area contributed by atoms with Crippen LogP contribution >= 0.6 is 11.6 Å². The molecule has 3 rings (SSSR count). The Morgan fingerprint density at radius 3 is 2.89 bits per heavy atom. The van der Waals surface area contributed by atoms with Crippen LogP contribution in [0.15, 0.2) is 18.2 Å². The van der Waals surface area contributed by atoms with Crippen LogP contribution in [0.2, 0.25) is 5.02 Å². The lowest BCUT2D eigenvalue weighted by Crippen LogP contribution is -2.41. The number of likely N-dealkylation sites (tertiary alicyclic amines) is 1. The van der Waals surface area contributed by atoms with E-state index >= 15 is 0 Å². The van der Waals surface area contributed by atoms with Crippen molar-refractivity contribution in [3.8, 4) is 0 Å². The van der Waals surface area contributed by atoms with Crippen molar-refractivity contribution < 1.29 is 0 Å². The molecule has 2 nitrogen and oxygen atoms in total. The fourth-order valence-corrected chi connectivity index (χ4v) is 3.86. The molecule has 2 N–H and O–H groups in total. The zero-order valence-corrected chi connectivity index (χ0v) is 11.5. The Kier molecular flexibility index (Phi) is 3.49. The number of nitrogens with two attached hydrogens (primary N) is 1. The summed E-state index contributed by atoms with van der Waals surface area (Å²) in [5.74, 6) is 0.937. The smallest absolute Gasteiger partial charge is 0.0426 e. The van der Waals surface area contributed by atoms with Gasteiger partial charge in [0.2, 0.25) is 0 Å². The van der Waals surface area contributed by atoms with E-state index in [1.807, 2.05) is 12.1 Å². The molecule has 3 heteroatoms. The van der Waals surface area contributed by atoms with Crippen LogP contribution in [0.5, 0.6) is 0 Å². The van der Waals surface area contributed by atoms with Crippen molar-refractivity contribution >= 4 is 17.3 Å². The van der Waals surface area contributed by atoms with Gasteiger partial charge in [0, 0.05) is 23.3 Å². The molecule has 2 atom stereocenters. The second-order valence-corrected chi connectivity index (χ2v) is 6.15. The minimum absolute atomic E-state index is 0.730. The van der Waals surface area contributed by atoms with E-state index in [0.29, 0.717) is 0 Å². The highest BCUT2D eigenvalue weighted by molar-refractivity contribution is 6.30. The Bertz CT molecular complexity index is 433. The third-order valence-electron chi connectivity index (χ3n) is 4.59. The molecule has 1 aliphatic carbocycles. The largest absolute Gasteiger partial charge is 0.398 e. The van der Waals surface area contributed by atoms with Crippen LogP contribution in [0.3, 0.4) is 0 Å². The van der Waals surface area contributed by atoms with Gasteiger partial charge in [-0.2, -0.15) is 0 Å². The molecule has 1 aliphatic heterocycles. The molecule has 2 aliphatic rings. The summed E-state index contributed by atoms with van der Waals surface area (Å²) >= 11 is 5.96. The lowest BCUT2D eigenvalue weighted by molar-refractivity contribution is 0.106. The van der Waals surface area contributed by atoms with Crippen LogP contribution in [0, 0.1) is 5.92 Å². The maximum atomic E-state index is 6.06. The van der Waals surface area contributed by atoms with E-state index in [4.69, 9.17) is 17.3 Å². The van der Waals surface area contributed by atoms with Gasteiger partial charge in [0.05, 0.1) is 0 Å². The Hall–Kier alpha value is -0.730. The highest BCUT2D eigenvalue weighted by atomic mass is 35.5. The minimum atomic E-state index is 0.730. The average Bonchev–Trinajstić information content (AvgIpc) is 2.82. The van der Waals surface area contributed by atoms with Crippen LogP contribution in [0.1, 0.15) is 37.7 Å². The van der Waals surface area contributed by atoms with Gasteiger partial charge in [-0.25, -0.2) is 0 Å². The highest BCUT2D eigenvalue weighted by Gasteiger charge is 2.34. The molecule has 0 bridgehead atoms. The van der Waals surface area contributed by atoms with Gasteiger partial charge in [-0.3, -0.25) is 4.90 Å². The molecular weight excluding hydrogens is 244 g/mol. The Balaban J connectivity index is 1.75. The Morgan fingerprint density at radius 1 is 1.22 bits per heavy atom. The number of rotatable bonds is 2. The summed E-state index contributed by atoms with van der Waals surface area (Å²) in [5.41, 5.74) is 8.13. The standard InChI is InChI=1S/C15H21ClN2/c16-13-7-6-12(14(17)9-13)10-18-8-2-4-11-3-1-5-15(11)18/h6-7,9,11,15H,1-5,8,10,17H2. The predicted octanol–water partition coefficient (Wildman–Crippen LogP) is 3.69. The summed E-state index contributed by atoms with van der Waals surface area (Å²) in [6.07, 6.45) is 6.98. The average molecular weight is 265 g/mol. The predicted molar refractivity (Wildman–Crippen MR) is 76.6 cm³/mol. The first-order valence-electron chi connectivity index (χ1n) is 7.02. The van der Waals surface area contributed by atoms with Crippen molar-refractivity contribution in [1.82, 2.24) is 4.90 Å². The van der Waals surface area contributed by atoms with Crippen LogP contribution in [0.25, 0.3) is 0 Å². The quantitative estimate of drug-likeness (QED) is 0.826. The van der Waals surface area contributed by atoms with Crippen molar-refractivity contribution in [3.63, 3.8) is 0 Å². The van der Waals surface area contributed by atoms with Crippen molar-refractivity contribution in [2.75, 3.05) is 12.3 Å². The lowest BCUT2D eigenvalue weighted by Gasteiger charge is -2.38. The monoisotopic (exact) mass is 264 g/mol. The number of hydrogen-bond donors (Lipinski definition) is 1. The normalized spacial score (nSPS) is 28.3. The first kappa shape index (κ1) is 12.3. The third kappa shape index (κ3) is 2.36. The fraction of sp³-hybridized carbons (Fsp3) is 0.600. The SMILES string of the molecule is Nc1cc(Cl)ccc1CN1CCCC2CCCC21. The maximum absolute atomic E-state index is 6.06. The second kappa shape index (κ2) is 5.10. The van der Waals surface area contributed by atoms with Crippen LogP contribution in [0.4, 0.5) is 5.69 Å². The van der Waals surface area contributed by atoms with E-state index in [1.54, 1.807) is 0 Å². The molecule has 1 saturated heterocycles. The zero-order chi connectivity index (χ0) is 12.5. The first-order valence-corrected chi connectivity index (χ1v) is 7.40. The summed E-state index contributed by atoms with van der Waals surface area (Å²) < 4.78 is 0. The Labute approximate surface area is 114 Å². The number of nitrogens with zero attached hydrogens (tertiary/aromatic N) is 1. The molecule has 0 radical (unpaired) electrons. The van der Waals surface area contributed by atoms with E-state index in [9.17, 15) is 0 Å². The van der Waals surface area contributed by atoms with Crippen molar-refractivity contribution in [2.45, 2.75) is 44.7 Å². The van der Waals surface area contributed by atoms with Gasteiger partial charge in [-0.1, -0.05) is 24.1 Å². The third-order valence-corrected chi connectivity index (χ3v) is 4.82. The number of piperidine rings is 1. The van der Waals surface area contributed by atoms with E-state index < -0.39 is 0 Å². The number of anilines is 1. The van der Waals surface area contributed by atoms with Gasteiger partial charge in [0.1, 0.15) is 0 Å². The molecule has 18 heavy (non-hydrogen) atoms. The number of benzene rings is 1. The van der Waals surface area contributed by atoms with Crippen molar-refractivity contribution in [2.24, 2.45) is 5.92 Å². The lowest BCUT2D eigenvalue weighted by atomic mass is 9.91. The number of hydrogen-bond acceptors (Lipinski definition) is 2. The van der Waals surface area contributed by atoms with Crippen molar-refractivity contribution in [1.29, 1.82) is 0 Å². The van der Waals surface area contributed by atoms with Gasteiger partial charge >= 0.3 is 0 Å². The van der Waals surface area contributed by atoms with Crippen molar-refractivity contribution in [3.05, 3.63) is 28.8 Å². The molecule has 2 unspecified atom stereocenters. The van der Waals surface area contributed by atoms with Crippen LogP contribution in [-0.4, -0.2) is 17.5 Å². The molecule has 1 saturated carbocycles. The zero-order valence-electron chi connectivity index (χ0n) is 10.7. The van der Waals surface area contributed by atoms with Gasteiger partial charge in [0.15, 0.2) is 0 Å². The maximum Gasteiger partial charge on any atom is 0.0426 e. The minimum Gasteiger partial charge on any atom is -0.398 e. The van der Waals surface area contributed by atoms with Gasteiger partial charge in [0.25, 0.3) is 0 Å². The number of fused-ring (bicyclic) bond motifs is 1. The van der Waals surface area contributed by atoms with Gasteiger partial charge < -0.3 is 5.73 Å². The van der Waals surface area contributed by atoms with Crippen LogP contribution in [-0.2, 0) is 6.54 Å². The highest BCUT2D eigenvalue weighted by Crippen LogP contribution is 2.37. The second-order valence-electron chi connectivity index (χ2n) is 5.71. The summed E-state index contributed by atoms with van der Waals surface area (Å²) in [6, 6.07) is 6.70. The molecule has 0 spiro atoms. The van der Waals surface area contributed by atoms with E-state index in [2.05, 4.69) is 11.0 Å². The molecule has 1 aromatic carbocycles. The van der Waals surface area contributed by atoms with E-state index in [-0.39, 0.29) is 0 Å². The number of halogens is 1. The summed E-state index contributed by atoms with van der Waals surface area (Å²) in [4.78, 5) is 2.64.